The second-order valence-corrected chi connectivity index (χ2v) is 3.70. The molecule has 86 valence electrons. The summed E-state index contributed by atoms with van der Waals surface area (Å²) in [6, 6.07) is 4.02. The van der Waals surface area contributed by atoms with Crippen molar-refractivity contribution in [1.29, 1.82) is 0 Å². The smallest absolute Gasteiger partial charge is 0.117 e. The molecule has 2 aromatic rings. The van der Waals surface area contributed by atoms with Crippen LogP contribution in [0.3, 0.4) is 0 Å². The lowest BCUT2D eigenvalue weighted by atomic mass is 10.3. The number of imidazole rings is 1. The van der Waals surface area contributed by atoms with Crippen molar-refractivity contribution < 1.29 is 4.42 Å². The normalized spacial score (nSPS) is 10.9. The van der Waals surface area contributed by atoms with Gasteiger partial charge in [0, 0.05) is 18.9 Å². The summed E-state index contributed by atoms with van der Waals surface area (Å²) in [5.74, 6) is 2.98. The van der Waals surface area contributed by atoms with Crippen LogP contribution in [0.15, 0.2) is 28.9 Å². The Balaban J connectivity index is 2.08. The molecule has 0 aliphatic heterocycles. The van der Waals surface area contributed by atoms with Gasteiger partial charge >= 0.3 is 0 Å². The summed E-state index contributed by atoms with van der Waals surface area (Å²) in [7, 11) is 1.91. The first-order chi connectivity index (χ1) is 7.83. The Kier molecular flexibility index (Phi) is 3.41. The molecular formula is C12H17N3O. The molecule has 2 rings (SSSR count). The minimum atomic E-state index is 0.755. The highest BCUT2D eigenvalue weighted by Gasteiger charge is 2.06. The lowest BCUT2D eigenvalue weighted by molar-refractivity contribution is 0.457. The van der Waals surface area contributed by atoms with E-state index in [1.54, 1.807) is 0 Å². The Morgan fingerprint density at radius 1 is 1.38 bits per heavy atom. The van der Waals surface area contributed by atoms with Gasteiger partial charge in [0.25, 0.3) is 0 Å². The Bertz CT molecular complexity index is 445. The van der Waals surface area contributed by atoms with Crippen LogP contribution in [0.4, 0.5) is 0 Å². The number of aromatic nitrogens is 2. The van der Waals surface area contributed by atoms with Crippen LogP contribution in [0.5, 0.6) is 0 Å². The fraction of sp³-hybridized carbons (Fsp3) is 0.417. The molecule has 2 aromatic heterocycles. The van der Waals surface area contributed by atoms with Crippen LogP contribution >= 0.6 is 0 Å². The number of rotatable bonds is 5. The maximum atomic E-state index is 5.68. The number of hydrogen-bond donors (Lipinski definition) is 1. The molecule has 0 radical (unpaired) electrons. The van der Waals surface area contributed by atoms with E-state index in [2.05, 4.69) is 21.8 Å². The van der Waals surface area contributed by atoms with Crippen molar-refractivity contribution in [1.82, 2.24) is 14.9 Å². The first-order valence-corrected chi connectivity index (χ1v) is 5.55. The van der Waals surface area contributed by atoms with Crippen LogP contribution < -0.4 is 5.32 Å². The van der Waals surface area contributed by atoms with Gasteiger partial charge in [-0.05, 0) is 26.1 Å². The molecule has 0 aromatic carbocycles. The van der Waals surface area contributed by atoms with Crippen molar-refractivity contribution in [2.24, 2.45) is 0 Å². The summed E-state index contributed by atoms with van der Waals surface area (Å²) in [5.41, 5.74) is 0. The fourth-order valence-corrected chi connectivity index (χ4v) is 1.74. The van der Waals surface area contributed by atoms with Crippen molar-refractivity contribution in [3.63, 3.8) is 0 Å². The van der Waals surface area contributed by atoms with Gasteiger partial charge in [0.15, 0.2) is 0 Å². The summed E-state index contributed by atoms with van der Waals surface area (Å²) < 4.78 is 7.81. The highest BCUT2D eigenvalue weighted by atomic mass is 16.3. The second-order valence-electron chi connectivity index (χ2n) is 3.70. The van der Waals surface area contributed by atoms with Gasteiger partial charge in [-0.3, -0.25) is 0 Å². The lowest BCUT2D eigenvalue weighted by Gasteiger charge is -2.02. The van der Waals surface area contributed by atoms with Crippen molar-refractivity contribution in [3.8, 4) is 0 Å². The van der Waals surface area contributed by atoms with Gasteiger partial charge in [-0.2, -0.15) is 0 Å². The molecule has 0 saturated carbocycles. The number of nitrogens with zero attached hydrogens (tertiary/aromatic N) is 2. The summed E-state index contributed by atoms with van der Waals surface area (Å²) in [5, 5.41) is 3.06. The van der Waals surface area contributed by atoms with E-state index < -0.39 is 0 Å². The number of nitrogens with one attached hydrogen (secondary N) is 1. The number of furan rings is 1. The molecule has 4 heteroatoms. The van der Waals surface area contributed by atoms with Gasteiger partial charge in [-0.15, -0.1) is 0 Å². The molecule has 0 amide bonds. The van der Waals surface area contributed by atoms with Crippen molar-refractivity contribution >= 4 is 0 Å². The molecule has 4 nitrogen and oxygen atoms in total. The highest BCUT2D eigenvalue weighted by Crippen LogP contribution is 2.12. The maximum absolute atomic E-state index is 5.68. The zero-order valence-corrected chi connectivity index (χ0v) is 9.73. The van der Waals surface area contributed by atoms with Gasteiger partial charge in [0.05, 0.1) is 13.0 Å². The predicted molar refractivity (Wildman–Crippen MR) is 62.2 cm³/mol. The Morgan fingerprint density at radius 3 is 2.94 bits per heavy atom. The molecular weight excluding hydrogens is 202 g/mol. The van der Waals surface area contributed by atoms with Crippen molar-refractivity contribution in [3.05, 3.63) is 41.9 Å². The Hall–Kier alpha value is -1.55. The maximum Gasteiger partial charge on any atom is 0.117 e. The highest BCUT2D eigenvalue weighted by molar-refractivity contribution is 5.12. The van der Waals surface area contributed by atoms with Crippen LogP contribution in [0.1, 0.15) is 24.3 Å². The molecule has 0 spiro atoms. The Morgan fingerprint density at radius 2 is 2.19 bits per heavy atom. The van der Waals surface area contributed by atoms with Gasteiger partial charge < -0.3 is 14.3 Å². The molecule has 0 fully saturated rings. The van der Waals surface area contributed by atoms with E-state index >= 15 is 0 Å². The summed E-state index contributed by atoms with van der Waals surface area (Å²) in [6.45, 7) is 3.82. The van der Waals surface area contributed by atoms with Crippen molar-refractivity contribution in [2.45, 2.75) is 26.4 Å². The third-order valence-corrected chi connectivity index (χ3v) is 2.54. The van der Waals surface area contributed by atoms with Crippen LogP contribution in [0.2, 0.25) is 0 Å². The van der Waals surface area contributed by atoms with Gasteiger partial charge in [-0.1, -0.05) is 0 Å². The molecule has 0 saturated heterocycles. The average molecular weight is 219 g/mol. The lowest BCUT2D eigenvalue weighted by Crippen LogP contribution is -2.03. The molecule has 0 atom stereocenters. The van der Waals surface area contributed by atoms with Crippen molar-refractivity contribution in [2.75, 3.05) is 7.05 Å². The molecule has 2 heterocycles. The minimum absolute atomic E-state index is 0.755. The van der Waals surface area contributed by atoms with Gasteiger partial charge in [-0.25, -0.2) is 4.98 Å². The summed E-state index contributed by atoms with van der Waals surface area (Å²) >= 11 is 0. The van der Waals surface area contributed by atoms with E-state index in [-0.39, 0.29) is 0 Å². The van der Waals surface area contributed by atoms with Gasteiger partial charge in [0.2, 0.25) is 0 Å². The van der Waals surface area contributed by atoms with E-state index in [1.807, 2.05) is 31.6 Å². The summed E-state index contributed by atoms with van der Waals surface area (Å²) in [4.78, 5) is 4.32. The molecule has 16 heavy (non-hydrogen) atoms. The third-order valence-electron chi connectivity index (χ3n) is 2.54. The zero-order valence-electron chi connectivity index (χ0n) is 9.73. The van der Waals surface area contributed by atoms with E-state index in [9.17, 15) is 0 Å². The zero-order chi connectivity index (χ0) is 11.4. The largest absolute Gasteiger partial charge is 0.464 e. The SMILES string of the molecule is CCn1ccnc1Cc1ccc(CNC)o1. The van der Waals surface area contributed by atoms with Crippen LogP contribution in [-0.4, -0.2) is 16.6 Å². The predicted octanol–water partition coefficient (Wildman–Crippen LogP) is 1.81. The Labute approximate surface area is 95.3 Å². The third kappa shape index (κ3) is 2.33. The molecule has 0 aliphatic carbocycles. The van der Waals surface area contributed by atoms with E-state index in [4.69, 9.17) is 4.42 Å². The quantitative estimate of drug-likeness (QED) is 0.834. The summed E-state index contributed by atoms with van der Waals surface area (Å²) in [6.07, 6.45) is 4.58. The van der Waals surface area contributed by atoms with E-state index in [1.165, 1.54) is 0 Å². The fourth-order valence-electron chi connectivity index (χ4n) is 1.74. The number of aryl methyl sites for hydroxylation is 1. The topological polar surface area (TPSA) is 43.0 Å². The van der Waals surface area contributed by atoms with E-state index in [0.29, 0.717) is 0 Å². The van der Waals surface area contributed by atoms with Gasteiger partial charge in [0.1, 0.15) is 17.3 Å². The van der Waals surface area contributed by atoms with Crippen LogP contribution in [-0.2, 0) is 19.5 Å². The molecule has 0 bridgehead atoms. The van der Waals surface area contributed by atoms with Crippen LogP contribution in [0, 0.1) is 0 Å². The molecule has 0 unspecified atom stereocenters. The first kappa shape index (κ1) is 11.0. The molecule has 1 N–H and O–H groups in total. The van der Waals surface area contributed by atoms with Crippen LogP contribution in [0.25, 0.3) is 0 Å². The second kappa shape index (κ2) is 4.99. The minimum Gasteiger partial charge on any atom is -0.464 e. The standard InChI is InChI=1S/C12H17N3O/c1-3-15-7-6-14-12(15)8-10-4-5-11(16-10)9-13-2/h4-7,13H,3,8-9H2,1-2H3. The number of hydrogen-bond acceptors (Lipinski definition) is 3. The first-order valence-electron chi connectivity index (χ1n) is 5.55. The molecule has 0 aliphatic rings. The monoisotopic (exact) mass is 219 g/mol. The average Bonchev–Trinajstić information content (AvgIpc) is 2.89. The van der Waals surface area contributed by atoms with E-state index in [0.717, 1.165) is 36.9 Å².